The molecule has 5 nitrogen and oxygen atoms in total. The Hall–Kier alpha value is -3.34. The van der Waals surface area contributed by atoms with E-state index in [0.717, 1.165) is 42.3 Å². The number of rotatable bonds is 4. The number of nitrogens with one attached hydrogen (secondary N) is 1. The number of phenolic OH excluding ortho intramolecular Hbond substituents is 1. The lowest BCUT2D eigenvalue weighted by Crippen LogP contribution is -2.35. The zero-order valence-electron chi connectivity index (χ0n) is 16.2. The molecule has 0 aromatic heterocycles. The van der Waals surface area contributed by atoms with Crippen molar-refractivity contribution in [2.75, 3.05) is 13.1 Å². The number of carbonyl (C=O) groups excluding carboxylic acids is 2. The van der Waals surface area contributed by atoms with Gasteiger partial charge in [-0.15, -0.1) is 0 Å². The zero-order valence-corrected chi connectivity index (χ0v) is 16.2. The second-order valence-electron chi connectivity index (χ2n) is 7.45. The summed E-state index contributed by atoms with van der Waals surface area (Å²) in [5.74, 6) is -0.346. The molecule has 0 radical (unpaired) electrons. The molecule has 5 heteroatoms. The Labute approximate surface area is 170 Å². The molecule has 1 fully saturated rings. The minimum absolute atomic E-state index is 0.0461. The summed E-state index contributed by atoms with van der Waals surface area (Å²) in [4.78, 5) is 27.2. The Morgan fingerprint density at radius 3 is 2.38 bits per heavy atom. The van der Waals surface area contributed by atoms with Crippen molar-refractivity contribution in [3.8, 4) is 5.75 Å². The van der Waals surface area contributed by atoms with Gasteiger partial charge in [-0.2, -0.15) is 0 Å². The van der Waals surface area contributed by atoms with Gasteiger partial charge < -0.3 is 15.3 Å². The number of phenols is 1. The lowest BCUT2D eigenvalue weighted by atomic mass is 10.0. The lowest BCUT2D eigenvalue weighted by Gasteiger charge is -2.26. The van der Waals surface area contributed by atoms with Gasteiger partial charge in [-0.05, 0) is 59.9 Å². The Kier molecular flexibility index (Phi) is 5.47. The van der Waals surface area contributed by atoms with Gasteiger partial charge in [-0.1, -0.05) is 36.4 Å². The standard InChI is InChI=1S/C24H24N2O3/c27-22-15-19-9-3-2-8-18(19)14-21(22)23(28)25-16-17-7-6-10-20(13-17)24(29)26-11-4-1-5-12-26/h2-3,6-10,13-15,27H,1,4-5,11-12,16H2,(H,25,28). The van der Waals surface area contributed by atoms with E-state index in [1.165, 1.54) is 6.42 Å². The van der Waals surface area contributed by atoms with E-state index >= 15 is 0 Å². The first-order valence-electron chi connectivity index (χ1n) is 10.00. The van der Waals surface area contributed by atoms with Crippen LogP contribution in [0.25, 0.3) is 10.8 Å². The summed E-state index contributed by atoms with van der Waals surface area (Å²) in [5, 5.41) is 14.8. The molecule has 4 rings (SSSR count). The summed E-state index contributed by atoms with van der Waals surface area (Å²) in [6.45, 7) is 1.90. The average Bonchev–Trinajstić information content (AvgIpc) is 2.77. The third kappa shape index (κ3) is 4.24. The number of benzene rings is 3. The van der Waals surface area contributed by atoms with E-state index in [-0.39, 0.29) is 29.7 Å². The topological polar surface area (TPSA) is 69.6 Å². The van der Waals surface area contributed by atoms with E-state index in [1.54, 1.807) is 12.1 Å². The summed E-state index contributed by atoms with van der Waals surface area (Å²) in [5.41, 5.74) is 1.73. The molecule has 2 N–H and O–H groups in total. The van der Waals surface area contributed by atoms with Crippen LogP contribution in [0.1, 0.15) is 45.5 Å². The predicted octanol–water partition coefficient (Wildman–Crippen LogP) is 4.10. The SMILES string of the molecule is O=C(NCc1cccc(C(=O)N2CCCCC2)c1)c1cc2ccccc2cc1O. The molecule has 3 aromatic rings. The quantitative estimate of drug-likeness (QED) is 0.707. The molecule has 1 aliphatic heterocycles. The van der Waals surface area contributed by atoms with E-state index in [0.29, 0.717) is 5.56 Å². The normalized spacial score (nSPS) is 14.0. The van der Waals surface area contributed by atoms with Gasteiger partial charge in [0.05, 0.1) is 5.56 Å². The third-order valence-electron chi connectivity index (χ3n) is 5.38. The van der Waals surface area contributed by atoms with E-state index in [9.17, 15) is 14.7 Å². The highest BCUT2D eigenvalue weighted by Gasteiger charge is 2.18. The van der Waals surface area contributed by atoms with Gasteiger partial charge in [0.1, 0.15) is 5.75 Å². The fourth-order valence-electron chi connectivity index (χ4n) is 3.78. The first kappa shape index (κ1) is 19.0. The van der Waals surface area contributed by atoms with E-state index in [4.69, 9.17) is 0 Å². The molecule has 1 saturated heterocycles. The van der Waals surface area contributed by atoms with Crippen LogP contribution in [0.3, 0.4) is 0 Å². The predicted molar refractivity (Wildman–Crippen MR) is 113 cm³/mol. The van der Waals surface area contributed by atoms with Crippen LogP contribution in [0.15, 0.2) is 60.7 Å². The van der Waals surface area contributed by atoms with Crippen LogP contribution in [0.5, 0.6) is 5.75 Å². The second-order valence-corrected chi connectivity index (χ2v) is 7.45. The Bertz CT molecular complexity index is 1050. The average molecular weight is 388 g/mol. The zero-order chi connectivity index (χ0) is 20.2. The number of nitrogens with zero attached hydrogens (tertiary/aromatic N) is 1. The van der Waals surface area contributed by atoms with Gasteiger partial charge in [-0.3, -0.25) is 9.59 Å². The molecule has 3 aromatic carbocycles. The van der Waals surface area contributed by atoms with E-state index in [2.05, 4.69) is 5.32 Å². The Balaban J connectivity index is 1.46. The number of likely N-dealkylation sites (tertiary alicyclic amines) is 1. The fourth-order valence-corrected chi connectivity index (χ4v) is 3.78. The van der Waals surface area contributed by atoms with Crippen LogP contribution in [0.2, 0.25) is 0 Å². The number of piperidine rings is 1. The van der Waals surface area contributed by atoms with Crippen LogP contribution < -0.4 is 5.32 Å². The molecule has 29 heavy (non-hydrogen) atoms. The molecule has 148 valence electrons. The number of amides is 2. The molecule has 1 heterocycles. The molecule has 0 aliphatic carbocycles. The van der Waals surface area contributed by atoms with Gasteiger partial charge in [0.2, 0.25) is 0 Å². The second kappa shape index (κ2) is 8.35. The van der Waals surface area contributed by atoms with E-state index in [1.807, 2.05) is 53.4 Å². The van der Waals surface area contributed by atoms with Crippen LogP contribution >= 0.6 is 0 Å². The smallest absolute Gasteiger partial charge is 0.255 e. The molecule has 0 saturated carbocycles. The summed E-state index contributed by atoms with van der Waals surface area (Å²) in [7, 11) is 0. The van der Waals surface area contributed by atoms with E-state index < -0.39 is 0 Å². The van der Waals surface area contributed by atoms with Crippen molar-refractivity contribution in [1.29, 1.82) is 0 Å². The third-order valence-corrected chi connectivity index (χ3v) is 5.38. The molecule has 1 aliphatic rings. The summed E-state index contributed by atoms with van der Waals surface area (Å²) < 4.78 is 0. The molecule has 0 unspecified atom stereocenters. The number of carbonyl (C=O) groups is 2. The highest BCUT2D eigenvalue weighted by Crippen LogP contribution is 2.25. The maximum absolute atomic E-state index is 12.7. The summed E-state index contributed by atoms with van der Waals surface area (Å²) in [6, 6.07) is 18.2. The minimum atomic E-state index is -0.346. The largest absolute Gasteiger partial charge is 0.507 e. The van der Waals surface area contributed by atoms with Gasteiger partial charge in [0, 0.05) is 25.2 Å². The van der Waals surface area contributed by atoms with Crippen molar-refractivity contribution in [2.24, 2.45) is 0 Å². The first-order valence-corrected chi connectivity index (χ1v) is 10.00. The van der Waals surface area contributed by atoms with Crippen molar-refractivity contribution in [3.63, 3.8) is 0 Å². The van der Waals surface area contributed by atoms with Gasteiger partial charge in [-0.25, -0.2) is 0 Å². The summed E-state index contributed by atoms with van der Waals surface area (Å²) in [6.07, 6.45) is 3.28. The van der Waals surface area contributed by atoms with Crippen molar-refractivity contribution in [2.45, 2.75) is 25.8 Å². The van der Waals surface area contributed by atoms with Crippen LogP contribution in [-0.2, 0) is 6.54 Å². The van der Waals surface area contributed by atoms with Crippen molar-refractivity contribution in [1.82, 2.24) is 10.2 Å². The molecule has 2 amide bonds. The number of hydrogen-bond acceptors (Lipinski definition) is 3. The van der Waals surface area contributed by atoms with Gasteiger partial charge in [0.25, 0.3) is 11.8 Å². The molecule has 0 spiro atoms. The summed E-state index contributed by atoms with van der Waals surface area (Å²) >= 11 is 0. The highest BCUT2D eigenvalue weighted by atomic mass is 16.3. The number of fused-ring (bicyclic) bond motifs is 1. The maximum Gasteiger partial charge on any atom is 0.255 e. The van der Waals surface area contributed by atoms with Crippen molar-refractivity contribution < 1.29 is 14.7 Å². The van der Waals surface area contributed by atoms with Crippen LogP contribution in [-0.4, -0.2) is 34.9 Å². The Morgan fingerprint density at radius 2 is 1.62 bits per heavy atom. The number of aromatic hydroxyl groups is 1. The van der Waals surface area contributed by atoms with Crippen LogP contribution in [0.4, 0.5) is 0 Å². The minimum Gasteiger partial charge on any atom is -0.507 e. The molecular weight excluding hydrogens is 364 g/mol. The molecule has 0 atom stereocenters. The first-order chi connectivity index (χ1) is 14.1. The Morgan fingerprint density at radius 1 is 0.897 bits per heavy atom. The van der Waals surface area contributed by atoms with Gasteiger partial charge >= 0.3 is 0 Å². The highest BCUT2D eigenvalue weighted by molar-refractivity contribution is 6.01. The monoisotopic (exact) mass is 388 g/mol. The fraction of sp³-hybridized carbons (Fsp3) is 0.250. The van der Waals surface area contributed by atoms with Crippen molar-refractivity contribution >= 4 is 22.6 Å². The van der Waals surface area contributed by atoms with Gasteiger partial charge in [0.15, 0.2) is 0 Å². The van der Waals surface area contributed by atoms with Crippen molar-refractivity contribution in [3.05, 3.63) is 77.4 Å². The lowest BCUT2D eigenvalue weighted by molar-refractivity contribution is 0.0724. The number of hydrogen-bond donors (Lipinski definition) is 2. The molecular formula is C24H24N2O3. The van der Waals surface area contributed by atoms with Crippen LogP contribution in [0, 0.1) is 0 Å². The maximum atomic E-state index is 12.7. The molecule has 0 bridgehead atoms.